The second-order valence-corrected chi connectivity index (χ2v) is 5.52. The molecule has 0 aliphatic rings. The second kappa shape index (κ2) is 7.29. The minimum absolute atomic E-state index is 0.0679. The summed E-state index contributed by atoms with van der Waals surface area (Å²) in [6.45, 7) is 2.81. The maximum atomic E-state index is 13.6. The smallest absolute Gasteiger partial charge is 0.144 e. The second-order valence-electron chi connectivity index (χ2n) is 3.92. The third-order valence-corrected chi connectivity index (χ3v) is 3.23. The lowest BCUT2D eigenvalue weighted by atomic mass is 10.2. The van der Waals surface area contributed by atoms with Crippen molar-refractivity contribution in [3.63, 3.8) is 0 Å². The first-order valence-corrected chi connectivity index (χ1v) is 6.72. The summed E-state index contributed by atoms with van der Waals surface area (Å²) >= 11 is 8.83. The van der Waals surface area contributed by atoms with Crippen LogP contribution < -0.4 is 5.32 Å². The lowest BCUT2D eigenvalue weighted by Gasteiger charge is -2.08. The van der Waals surface area contributed by atoms with Crippen LogP contribution >= 0.6 is 27.5 Å². The molecule has 0 amide bonds. The Bertz CT molecular complexity index is 372. The molecule has 1 N–H and O–H groups in total. The van der Waals surface area contributed by atoms with E-state index in [0.717, 1.165) is 12.8 Å². The molecular formula is C12H15BrClF2N. The summed E-state index contributed by atoms with van der Waals surface area (Å²) in [6.07, 6.45) is 1.78. The van der Waals surface area contributed by atoms with Gasteiger partial charge in [0.25, 0.3) is 0 Å². The molecule has 1 aromatic carbocycles. The Balaban J connectivity index is 2.44. The van der Waals surface area contributed by atoms with Gasteiger partial charge < -0.3 is 5.32 Å². The summed E-state index contributed by atoms with van der Waals surface area (Å²) in [5, 5.41) is 3.14. The van der Waals surface area contributed by atoms with Gasteiger partial charge in [0.15, 0.2) is 0 Å². The van der Waals surface area contributed by atoms with Crippen molar-refractivity contribution in [3.8, 4) is 0 Å². The Kier molecular flexibility index (Phi) is 6.38. The van der Waals surface area contributed by atoms with E-state index < -0.39 is 11.6 Å². The molecule has 5 heteroatoms. The summed E-state index contributed by atoms with van der Waals surface area (Å²) in [6, 6.07) is 2.62. The highest BCUT2D eigenvalue weighted by Crippen LogP contribution is 2.21. The first-order chi connectivity index (χ1) is 8.02. The van der Waals surface area contributed by atoms with Gasteiger partial charge in [-0.2, -0.15) is 0 Å². The number of hydrogen-bond donors (Lipinski definition) is 1. The van der Waals surface area contributed by atoms with Gasteiger partial charge in [-0.1, -0.05) is 0 Å². The molecule has 0 aliphatic carbocycles. The van der Waals surface area contributed by atoms with Crippen molar-refractivity contribution in [3.05, 3.63) is 33.8 Å². The van der Waals surface area contributed by atoms with Gasteiger partial charge in [-0.15, -0.1) is 11.6 Å². The molecule has 1 atom stereocenters. The van der Waals surface area contributed by atoms with E-state index in [4.69, 9.17) is 11.6 Å². The van der Waals surface area contributed by atoms with E-state index in [1.807, 2.05) is 6.92 Å². The molecule has 0 saturated carbocycles. The molecule has 0 fully saturated rings. The van der Waals surface area contributed by atoms with Gasteiger partial charge in [0.05, 0.1) is 4.47 Å². The number of hydrogen-bond acceptors (Lipinski definition) is 1. The van der Waals surface area contributed by atoms with Crippen LogP contribution in [0.5, 0.6) is 0 Å². The van der Waals surface area contributed by atoms with Crippen LogP contribution in [-0.2, 0) is 6.54 Å². The van der Waals surface area contributed by atoms with E-state index in [9.17, 15) is 8.78 Å². The third-order valence-electron chi connectivity index (χ3n) is 2.40. The van der Waals surface area contributed by atoms with Gasteiger partial charge in [-0.3, -0.25) is 0 Å². The fraction of sp³-hybridized carbons (Fsp3) is 0.500. The predicted molar refractivity (Wildman–Crippen MR) is 70.3 cm³/mol. The Morgan fingerprint density at radius 2 is 2.12 bits per heavy atom. The zero-order valence-corrected chi connectivity index (χ0v) is 11.9. The molecule has 1 aromatic rings. The number of halogens is 4. The van der Waals surface area contributed by atoms with Gasteiger partial charge in [-0.25, -0.2) is 8.78 Å². The Labute approximate surface area is 114 Å². The van der Waals surface area contributed by atoms with Crippen molar-refractivity contribution in [2.75, 3.05) is 6.54 Å². The molecule has 0 radical (unpaired) electrons. The highest BCUT2D eigenvalue weighted by molar-refractivity contribution is 9.10. The number of nitrogens with one attached hydrogen (secondary N) is 1. The topological polar surface area (TPSA) is 12.0 Å². The first kappa shape index (κ1) is 14.9. The quantitative estimate of drug-likeness (QED) is 0.469. The number of alkyl halides is 1. The van der Waals surface area contributed by atoms with E-state index in [0.29, 0.717) is 6.54 Å². The monoisotopic (exact) mass is 325 g/mol. The fourth-order valence-corrected chi connectivity index (χ4v) is 1.98. The first-order valence-electron chi connectivity index (χ1n) is 5.49. The summed E-state index contributed by atoms with van der Waals surface area (Å²) < 4.78 is 27.2. The third kappa shape index (κ3) is 4.90. The van der Waals surface area contributed by atoms with Gasteiger partial charge in [0.1, 0.15) is 11.6 Å². The van der Waals surface area contributed by atoms with Gasteiger partial charge in [0, 0.05) is 17.5 Å². The van der Waals surface area contributed by atoms with Crippen molar-refractivity contribution < 1.29 is 8.78 Å². The van der Waals surface area contributed by atoms with Crippen LogP contribution in [0.25, 0.3) is 0 Å². The SMILES string of the molecule is CC(Cl)CCCNCc1c(F)ccc(Br)c1F. The Hall–Kier alpha value is -0.190. The van der Waals surface area contributed by atoms with E-state index in [1.54, 1.807) is 0 Å². The Morgan fingerprint density at radius 3 is 2.76 bits per heavy atom. The van der Waals surface area contributed by atoms with Crippen LogP contribution in [0, 0.1) is 11.6 Å². The summed E-state index contributed by atoms with van der Waals surface area (Å²) in [5.74, 6) is -1.06. The van der Waals surface area contributed by atoms with Crippen LogP contribution in [-0.4, -0.2) is 11.9 Å². The molecule has 1 rings (SSSR count). The molecule has 0 aliphatic heterocycles. The normalized spacial score (nSPS) is 12.8. The minimum atomic E-state index is -0.539. The zero-order valence-electron chi connectivity index (χ0n) is 9.57. The average Bonchev–Trinajstić information content (AvgIpc) is 2.27. The van der Waals surface area contributed by atoms with Crippen molar-refractivity contribution in [1.82, 2.24) is 5.32 Å². The van der Waals surface area contributed by atoms with Crippen LogP contribution in [0.15, 0.2) is 16.6 Å². The molecule has 0 bridgehead atoms. The molecule has 1 nitrogen and oxygen atoms in total. The predicted octanol–water partition coefficient (Wildman–Crippen LogP) is 4.22. The highest BCUT2D eigenvalue weighted by atomic mass is 79.9. The van der Waals surface area contributed by atoms with Gasteiger partial charge in [-0.05, 0) is 54.4 Å². The lowest BCUT2D eigenvalue weighted by Crippen LogP contribution is -2.17. The number of benzene rings is 1. The standard InChI is InChI=1S/C12H15BrClF2N/c1-8(14)3-2-6-17-7-9-11(15)5-4-10(13)12(9)16/h4-5,8,17H,2-3,6-7H2,1H3. The minimum Gasteiger partial charge on any atom is -0.312 e. The van der Waals surface area contributed by atoms with E-state index in [1.165, 1.54) is 12.1 Å². The molecule has 0 heterocycles. The van der Waals surface area contributed by atoms with Crippen molar-refractivity contribution >= 4 is 27.5 Å². The summed E-state index contributed by atoms with van der Waals surface area (Å²) in [7, 11) is 0. The average molecular weight is 327 g/mol. The highest BCUT2D eigenvalue weighted by Gasteiger charge is 2.11. The van der Waals surface area contributed by atoms with Crippen molar-refractivity contribution in [1.29, 1.82) is 0 Å². The Morgan fingerprint density at radius 1 is 1.41 bits per heavy atom. The van der Waals surface area contributed by atoms with Crippen LogP contribution in [0.1, 0.15) is 25.3 Å². The molecule has 96 valence electrons. The van der Waals surface area contributed by atoms with Crippen LogP contribution in [0.2, 0.25) is 0 Å². The maximum Gasteiger partial charge on any atom is 0.144 e. The van der Waals surface area contributed by atoms with Crippen molar-refractivity contribution in [2.24, 2.45) is 0 Å². The lowest BCUT2D eigenvalue weighted by molar-refractivity contribution is 0.526. The van der Waals surface area contributed by atoms with Crippen LogP contribution in [0.4, 0.5) is 8.78 Å². The number of rotatable bonds is 6. The van der Waals surface area contributed by atoms with E-state index >= 15 is 0 Å². The van der Waals surface area contributed by atoms with Crippen molar-refractivity contribution in [2.45, 2.75) is 31.7 Å². The molecule has 0 saturated heterocycles. The van der Waals surface area contributed by atoms with Gasteiger partial charge >= 0.3 is 0 Å². The molecule has 0 aromatic heterocycles. The fourth-order valence-electron chi connectivity index (χ4n) is 1.45. The largest absolute Gasteiger partial charge is 0.312 e. The van der Waals surface area contributed by atoms with Gasteiger partial charge in [0.2, 0.25) is 0 Å². The summed E-state index contributed by atoms with van der Waals surface area (Å²) in [5.41, 5.74) is 0.0679. The van der Waals surface area contributed by atoms with Crippen LogP contribution in [0.3, 0.4) is 0 Å². The molecule has 1 unspecified atom stereocenters. The van der Waals surface area contributed by atoms with E-state index in [-0.39, 0.29) is 22.0 Å². The summed E-state index contributed by atoms with van der Waals surface area (Å²) in [4.78, 5) is 0. The molecular weight excluding hydrogens is 311 g/mol. The molecule has 0 spiro atoms. The zero-order chi connectivity index (χ0) is 12.8. The maximum absolute atomic E-state index is 13.6. The van der Waals surface area contributed by atoms with E-state index in [2.05, 4.69) is 21.2 Å². The molecule has 17 heavy (non-hydrogen) atoms.